The van der Waals surface area contributed by atoms with Crippen LogP contribution in [-0.4, -0.2) is 23.8 Å². The van der Waals surface area contributed by atoms with Crippen molar-refractivity contribution in [1.29, 1.82) is 0 Å². The summed E-state index contributed by atoms with van der Waals surface area (Å²) in [4.78, 5) is 0. The molecule has 0 spiro atoms. The lowest BCUT2D eigenvalue weighted by atomic mass is 9.96. The van der Waals surface area contributed by atoms with Crippen LogP contribution in [0.3, 0.4) is 0 Å². The number of aliphatic hydroxyl groups excluding tert-OH is 1. The van der Waals surface area contributed by atoms with Gasteiger partial charge in [0.1, 0.15) is 0 Å². The van der Waals surface area contributed by atoms with Crippen LogP contribution >= 0.6 is 0 Å². The summed E-state index contributed by atoms with van der Waals surface area (Å²) in [5, 5.41) is 13.1. The Kier molecular flexibility index (Phi) is 5.40. The number of unbranched alkanes of at least 4 members (excludes halogenated alkanes) is 3. The summed E-state index contributed by atoms with van der Waals surface area (Å²) in [6.45, 7) is 3.32. The molecule has 0 unspecified atom stereocenters. The topological polar surface area (TPSA) is 32.3 Å². The summed E-state index contributed by atoms with van der Waals surface area (Å²) in [5.41, 5.74) is 0. The van der Waals surface area contributed by atoms with Gasteiger partial charge in [-0.2, -0.15) is 0 Å². The lowest BCUT2D eigenvalue weighted by Gasteiger charge is -2.28. The van der Waals surface area contributed by atoms with Gasteiger partial charge in [0.25, 0.3) is 0 Å². The third kappa shape index (κ3) is 4.10. The first-order valence-corrected chi connectivity index (χ1v) is 5.76. The molecule has 0 aromatic rings. The third-order valence-corrected chi connectivity index (χ3v) is 2.92. The van der Waals surface area contributed by atoms with Gasteiger partial charge in [-0.25, -0.2) is 0 Å². The predicted octanol–water partition coefficient (Wildman–Crippen LogP) is 2.07. The Morgan fingerprint density at radius 3 is 2.85 bits per heavy atom. The molecule has 0 aromatic heterocycles. The van der Waals surface area contributed by atoms with Crippen molar-refractivity contribution in [2.75, 3.05) is 6.54 Å². The largest absolute Gasteiger partial charge is 0.392 e. The van der Waals surface area contributed by atoms with Crippen molar-refractivity contribution in [2.45, 2.75) is 64.0 Å². The van der Waals surface area contributed by atoms with E-state index >= 15 is 0 Å². The van der Waals surface area contributed by atoms with Crippen LogP contribution < -0.4 is 5.32 Å². The fourth-order valence-electron chi connectivity index (χ4n) is 2.02. The van der Waals surface area contributed by atoms with Crippen molar-refractivity contribution < 1.29 is 5.11 Å². The first-order chi connectivity index (χ1) is 6.34. The summed E-state index contributed by atoms with van der Waals surface area (Å²) in [5.74, 6) is 0. The Labute approximate surface area is 81.7 Å². The van der Waals surface area contributed by atoms with Crippen LogP contribution in [0.2, 0.25) is 0 Å². The zero-order valence-corrected chi connectivity index (χ0v) is 8.76. The molecule has 1 aliphatic rings. The van der Waals surface area contributed by atoms with Crippen molar-refractivity contribution >= 4 is 0 Å². The fourth-order valence-corrected chi connectivity index (χ4v) is 2.02. The maximum absolute atomic E-state index is 9.66. The van der Waals surface area contributed by atoms with E-state index in [1.807, 2.05) is 0 Å². The second kappa shape index (κ2) is 6.39. The zero-order chi connectivity index (χ0) is 9.52. The highest BCUT2D eigenvalue weighted by molar-refractivity contribution is 4.80. The molecule has 0 saturated carbocycles. The van der Waals surface area contributed by atoms with Gasteiger partial charge in [-0.3, -0.25) is 0 Å². The summed E-state index contributed by atoms with van der Waals surface area (Å²) in [7, 11) is 0. The van der Waals surface area contributed by atoms with Gasteiger partial charge in [0.15, 0.2) is 0 Å². The molecule has 0 aromatic carbocycles. The number of rotatable bonds is 5. The molecule has 2 heteroatoms. The van der Waals surface area contributed by atoms with Crippen LogP contribution in [0.5, 0.6) is 0 Å². The van der Waals surface area contributed by atoms with Gasteiger partial charge in [-0.05, 0) is 25.8 Å². The Hall–Kier alpha value is -0.0800. The molecule has 1 saturated heterocycles. The van der Waals surface area contributed by atoms with E-state index in [-0.39, 0.29) is 6.10 Å². The SMILES string of the molecule is CCCCCC[C@H]1NCCC[C@@H]1O. The summed E-state index contributed by atoms with van der Waals surface area (Å²) < 4.78 is 0. The Bertz CT molecular complexity index is 127. The van der Waals surface area contributed by atoms with Crippen molar-refractivity contribution in [3.05, 3.63) is 0 Å². The second-order valence-corrected chi connectivity index (χ2v) is 4.12. The Morgan fingerprint density at radius 2 is 2.15 bits per heavy atom. The van der Waals surface area contributed by atoms with Crippen molar-refractivity contribution in [1.82, 2.24) is 5.32 Å². The maximum atomic E-state index is 9.66. The molecule has 2 atom stereocenters. The number of piperidine rings is 1. The average molecular weight is 185 g/mol. The van der Waals surface area contributed by atoms with Gasteiger partial charge in [-0.1, -0.05) is 32.6 Å². The van der Waals surface area contributed by atoms with Gasteiger partial charge in [-0.15, -0.1) is 0 Å². The average Bonchev–Trinajstić information content (AvgIpc) is 2.15. The Balaban J connectivity index is 2.05. The minimum atomic E-state index is -0.0876. The lowest BCUT2D eigenvalue weighted by Crippen LogP contribution is -2.44. The number of nitrogens with one attached hydrogen (secondary N) is 1. The van der Waals surface area contributed by atoms with E-state index < -0.39 is 0 Å². The van der Waals surface area contributed by atoms with E-state index in [9.17, 15) is 5.11 Å². The highest BCUT2D eigenvalue weighted by atomic mass is 16.3. The quantitative estimate of drug-likeness (QED) is 0.643. The number of aliphatic hydroxyl groups is 1. The lowest BCUT2D eigenvalue weighted by molar-refractivity contribution is 0.0911. The van der Waals surface area contributed by atoms with Gasteiger partial charge >= 0.3 is 0 Å². The van der Waals surface area contributed by atoms with Crippen LogP contribution in [0, 0.1) is 0 Å². The van der Waals surface area contributed by atoms with Gasteiger partial charge in [0.2, 0.25) is 0 Å². The van der Waals surface area contributed by atoms with Crippen molar-refractivity contribution in [3.8, 4) is 0 Å². The second-order valence-electron chi connectivity index (χ2n) is 4.12. The molecular weight excluding hydrogens is 162 g/mol. The van der Waals surface area contributed by atoms with Crippen LogP contribution in [0.25, 0.3) is 0 Å². The van der Waals surface area contributed by atoms with Crippen LogP contribution in [-0.2, 0) is 0 Å². The molecule has 13 heavy (non-hydrogen) atoms. The summed E-state index contributed by atoms with van der Waals surface area (Å²) in [6.07, 6.45) is 8.41. The van der Waals surface area contributed by atoms with Gasteiger partial charge in [0.05, 0.1) is 6.10 Å². The summed E-state index contributed by atoms with van der Waals surface area (Å²) >= 11 is 0. The standard InChI is InChI=1S/C11H23NO/c1-2-3-4-5-7-10-11(13)8-6-9-12-10/h10-13H,2-9H2,1H3/t10-,11+/m1/s1. The Morgan fingerprint density at radius 1 is 1.31 bits per heavy atom. The van der Waals surface area contributed by atoms with E-state index in [4.69, 9.17) is 0 Å². The molecule has 2 nitrogen and oxygen atoms in total. The number of hydrogen-bond donors (Lipinski definition) is 2. The molecule has 78 valence electrons. The molecule has 0 bridgehead atoms. The molecule has 0 radical (unpaired) electrons. The van der Waals surface area contributed by atoms with Crippen LogP contribution in [0.1, 0.15) is 51.9 Å². The van der Waals surface area contributed by atoms with Crippen LogP contribution in [0.4, 0.5) is 0 Å². The predicted molar refractivity (Wildman–Crippen MR) is 55.8 cm³/mol. The fraction of sp³-hybridized carbons (Fsp3) is 1.00. The van der Waals surface area contributed by atoms with Crippen molar-refractivity contribution in [3.63, 3.8) is 0 Å². The molecule has 2 N–H and O–H groups in total. The maximum Gasteiger partial charge on any atom is 0.0693 e. The smallest absolute Gasteiger partial charge is 0.0693 e. The molecule has 1 heterocycles. The molecular formula is C11H23NO. The van der Waals surface area contributed by atoms with Crippen LogP contribution in [0.15, 0.2) is 0 Å². The van der Waals surface area contributed by atoms with E-state index in [1.165, 1.54) is 25.7 Å². The van der Waals surface area contributed by atoms with Gasteiger partial charge in [0, 0.05) is 6.04 Å². The molecule has 0 aliphatic carbocycles. The first kappa shape index (κ1) is 11.0. The molecule has 1 aliphatic heterocycles. The van der Waals surface area contributed by atoms with Gasteiger partial charge < -0.3 is 10.4 Å². The van der Waals surface area contributed by atoms with E-state index in [0.29, 0.717) is 6.04 Å². The monoisotopic (exact) mass is 185 g/mol. The van der Waals surface area contributed by atoms with Crippen molar-refractivity contribution in [2.24, 2.45) is 0 Å². The molecule has 0 amide bonds. The zero-order valence-electron chi connectivity index (χ0n) is 8.76. The number of hydrogen-bond acceptors (Lipinski definition) is 2. The molecule has 1 fully saturated rings. The first-order valence-electron chi connectivity index (χ1n) is 5.76. The molecule has 1 rings (SSSR count). The minimum Gasteiger partial charge on any atom is -0.392 e. The highest BCUT2D eigenvalue weighted by Crippen LogP contribution is 2.14. The normalized spacial score (nSPS) is 29.1. The van der Waals surface area contributed by atoms with E-state index in [0.717, 1.165) is 25.8 Å². The summed E-state index contributed by atoms with van der Waals surface area (Å²) in [6, 6.07) is 0.380. The van der Waals surface area contributed by atoms with E-state index in [2.05, 4.69) is 12.2 Å². The third-order valence-electron chi connectivity index (χ3n) is 2.92. The van der Waals surface area contributed by atoms with E-state index in [1.54, 1.807) is 0 Å². The minimum absolute atomic E-state index is 0.0876. The highest BCUT2D eigenvalue weighted by Gasteiger charge is 2.21.